The zero-order valence-electron chi connectivity index (χ0n) is 12.5. The van der Waals surface area contributed by atoms with Crippen LogP contribution in [0.25, 0.3) is 5.65 Å². The maximum Gasteiger partial charge on any atom is 0.198 e. The minimum Gasteiger partial charge on any atom is -0.493 e. The van der Waals surface area contributed by atoms with Gasteiger partial charge >= 0.3 is 0 Å². The van der Waals surface area contributed by atoms with Gasteiger partial charge in [0.2, 0.25) is 0 Å². The fourth-order valence-corrected chi connectivity index (χ4v) is 2.88. The third-order valence-corrected chi connectivity index (χ3v) is 4.08. The second-order valence-electron chi connectivity index (χ2n) is 5.55. The average Bonchev–Trinajstić information content (AvgIpc) is 3.09. The number of nitrogens with zero attached hydrogens (tertiary/aromatic N) is 3. The normalized spacial score (nSPS) is 22.0. The number of nitrogens with one attached hydrogen (secondary N) is 1. The summed E-state index contributed by atoms with van der Waals surface area (Å²) in [5.41, 5.74) is 1.82. The highest BCUT2D eigenvalue weighted by atomic mass is 16.5. The van der Waals surface area contributed by atoms with Crippen LogP contribution in [0.2, 0.25) is 0 Å². The molecule has 1 fully saturated rings. The molecule has 0 aliphatic heterocycles. The molecule has 2 N–H and O–H groups in total. The fraction of sp³-hybridized carbons (Fsp3) is 0.600. The number of pyridine rings is 1. The monoisotopic (exact) mass is 290 g/mol. The van der Waals surface area contributed by atoms with Gasteiger partial charge in [0.15, 0.2) is 17.2 Å². The lowest BCUT2D eigenvalue weighted by molar-refractivity contribution is 0.148. The molecule has 0 amide bonds. The Morgan fingerprint density at radius 1 is 1.48 bits per heavy atom. The van der Waals surface area contributed by atoms with Gasteiger partial charge in [0.25, 0.3) is 0 Å². The third-order valence-electron chi connectivity index (χ3n) is 4.08. The number of aliphatic hydroxyl groups is 1. The molecule has 21 heavy (non-hydrogen) atoms. The molecule has 2 aromatic heterocycles. The summed E-state index contributed by atoms with van der Waals surface area (Å²) >= 11 is 0. The summed E-state index contributed by atoms with van der Waals surface area (Å²) in [6.07, 6.45) is 5.55. The second-order valence-corrected chi connectivity index (χ2v) is 5.55. The summed E-state index contributed by atoms with van der Waals surface area (Å²) in [6, 6.07) is 2.17. The maximum absolute atomic E-state index is 9.86. The van der Waals surface area contributed by atoms with E-state index < -0.39 is 0 Å². The first-order valence-corrected chi connectivity index (χ1v) is 7.55. The Labute approximate surface area is 124 Å². The first kappa shape index (κ1) is 14.3. The smallest absolute Gasteiger partial charge is 0.198 e. The van der Waals surface area contributed by atoms with Gasteiger partial charge in [0.05, 0.1) is 13.2 Å². The molecule has 0 saturated heterocycles. The van der Waals surface area contributed by atoms with Crippen molar-refractivity contribution in [3.63, 3.8) is 0 Å². The van der Waals surface area contributed by atoms with E-state index in [4.69, 9.17) is 4.74 Å². The number of rotatable bonds is 5. The van der Waals surface area contributed by atoms with E-state index in [0.29, 0.717) is 6.54 Å². The predicted octanol–water partition coefficient (Wildman–Crippen LogP) is 1.30. The van der Waals surface area contributed by atoms with Crippen LogP contribution < -0.4 is 10.1 Å². The molecule has 0 spiro atoms. The molecule has 0 aromatic carbocycles. The molecule has 0 unspecified atom stereocenters. The quantitative estimate of drug-likeness (QED) is 0.868. The van der Waals surface area contributed by atoms with Crippen LogP contribution in [-0.2, 0) is 13.0 Å². The number of aryl methyl sites for hydroxylation is 1. The van der Waals surface area contributed by atoms with Crippen LogP contribution in [0.1, 0.15) is 37.6 Å². The zero-order valence-corrected chi connectivity index (χ0v) is 12.5. The summed E-state index contributed by atoms with van der Waals surface area (Å²) in [5, 5.41) is 17.7. The van der Waals surface area contributed by atoms with E-state index in [-0.39, 0.29) is 12.1 Å². The lowest BCUT2D eigenvalue weighted by Gasteiger charge is -2.16. The highest BCUT2D eigenvalue weighted by molar-refractivity contribution is 5.54. The van der Waals surface area contributed by atoms with Crippen molar-refractivity contribution in [3.8, 4) is 5.75 Å². The molecule has 114 valence electrons. The summed E-state index contributed by atoms with van der Waals surface area (Å²) in [6.45, 7) is 2.72. The van der Waals surface area contributed by atoms with Crippen molar-refractivity contribution < 1.29 is 9.84 Å². The van der Waals surface area contributed by atoms with Gasteiger partial charge in [-0.15, -0.1) is 0 Å². The molecule has 3 rings (SSSR count). The van der Waals surface area contributed by atoms with E-state index in [1.165, 1.54) is 0 Å². The number of hydrogen-bond donors (Lipinski definition) is 2. The van der Waals surface area contributed by atoms with Gasteiger partial charge in [-0.1, -0.05) is 6.92 Å². The first-order chi connectivity index (χ1) is 10.2. The Morgan fingerprint density at radius 2 is 2.33 bits per heavy atom. The van der Waals surface area contributed by atoms with Gasteiger partial charge in [-0.25, -0.2) is 9.50 Å². The zero-order chi connectivity index (χ0) is 14.8. The molecule has 0 radical (unpaired) electrons. The topological polar surface area (TPSA) is 71.7 Å². The van der Waals surface area contributed by atoms with Gasteiger partial charge in [-0.3, -0.25) is 0 Å². The Hall–Kier alpha value is -1.66. The largest absolute Gasteiger partial charge is 0.493 e. The molecule has 6 heteroatoms. The van der Waals surface area contributed by atoms with Crippen molar-refractivity contribution in [2.45, 2.75) is 51.3 Å². The summed E-state index contributed by atoms with van der Waals surface area (Å²) < 4.78 is 7.20. The molecule has 0 bridgehead atoms. The van der Waals surface area contributed by atoms with Crippen LogP contribution in [0.5, 0.6) is 5.75 Å². The van der Waals surface area contributed by atoms with E-state index in [9.17, 15) is 5.11 Å². The molecular formula is C15H22N4O2. The number of aromatic nitrogens is 3. The first-order valence-electron chi connectivity index (χ1n) is 7.55. The SMILES string of the molecule is CCc1nc2c(OC)cc(CN[C@@H]3CCC[C@@H]3O)cn2n1. The molecule has 1 aliphatic carbocycles. The predicted molar refractivity (Wildman–Crippen MR) is 79.4 cm³/mol. The number of ether oxygens (including phenoxy) is 1. The molecular weight excluding hydrogens is 268 g/mol. The van der Waals surface area contributed by atoms with E-state index in [1.54, 1.807) is 11.6 Å². The van der Waals surface area contributed by atoms with Crippen molar-refractivity contribution in [1.82, 2.24) is 19.9 Å². The van der Waals surface area contributed by atoms with E-state index in [1.807, 2.05) is 19.2 Å². The molecule has 1 aliphatic rings. The minimum atomic E-state index is -0.228. The van der Waals surface area contributed by atoms with E-state index in [2.05, 4.69) is 15.4 Å². The number of hydrogen-bond acceptors (Lipinski definition) is 5. The third kappa shape index (κ3) is 2.87. The highest BCUT2D eigenvalue weighted by Gasteiger charge is 2.24. The Morgan fingerprint density at radius 3 is 3.00 bits per heavy atom. The van der Waals surface area contributed by atoms with E-state index in [0.717, 1.165) is 48.5 Å². The van der Waals surface area contributed by atoms with Crippen LogP contribution in [0.15, 0.2) is 12.3 Å². The molecule has 2 aromatic rings. The number of fused-ring (bicyclic) bond motifs is 1. The van der Waals surface area contributed by atoms with Crippen molar-refractivity contribution in [3.05, 3.63) is 23.7 Å². The maximum atomic E-state index is 9.86. The molecule has 6 nitrogen and oxygen atoms in total. The number of aliphatic hydroxyl groups excluding tert-OH is 1. The lowest BCUT2D eigenvalue weighted by Crippen LogP contribution is -2.35. The average molecular weight is 290 g/mol. The van der Waals surface area contributed by atoms with Crippen LogP contribution in [0.3, 0.4) is 0 Å². The van der Waals surface area contributed by atoms with Gasteiger partial charge in [-0.05, 0) is 30.9 Å². The van der Waals surface area contributed by atoms with Gasteiger partial charge in [-0.2, -0.15) is 5.10 Å². The van der Waals surface area contributed by atoms with Gasteiger partial charge in [0, 0.05) is 25.2 Å². The summed E-state index contributed by atoms with van der Waals surface area (Å²) in [5.74, 6) is 1.54. The van der Waals surface area contributed by atoms with Crippen molar-refractivity contribution in [2.24, 2.45) is 0 Å². The second kappa shape index (κ2) is 5.99. The van der Waals surface area contributed by atoms with Crippen LogP contribution in [-0.4, -0.2) is 39.0 Å². The van der Waals surface area contributed by atoms with Crippen molar-refractivity contribution in [1.29, 1.82) is 0 Å². The van der Waals surface area contributed by atoms with Crippen molar-refractivity contribution in [2.75, 3.05) is 7.11 Å². The van der Waals surface area contributed by atoms with Gasteiger partial charge in [0.1, 0.15) is 0 Å². The summed E-state index contributed by atoms with van der Waals surface area (Å²) in [4.78, 5) is 4.46. The van der Waals surface area contributed by atoms with Crippen LogP contribution in [0, 0.1) is 0 Å². The van der Waals surface area contributed by atoms with Crippen LogP contribution >= 0.6 is 0 Å². The van der Waals surface area contributed by atoms with E-state index >= 15 is 0 Å². The molecule has 2 heterocycles. The Kier molecular flexibility index (Phi) is 4.07. The molecule has 1 saturated carbocycles. The lowest BCUT2D eigenvalue weighted by atomic mass is 10.2. The minimum absolute atomic E-state index is 0.189. The summed E-state index contributed by atoms with van der Waals surface area (Å²) in [7, 11) is 1.65. The molecule has 2 atom stereocenters. The Balaban J connectivity index is 1.81. The highest BCUT2D eigenvalue weighted by Crippen LogP contribution is 2.22. The fourth-order valence-electron chi connectivity index (χ4n) is 2.88. The standard InChI is InChI=1S/C15H22N4O2/c1-3-14-17-15-13(21-2)7-10(9-19(15)18-14)8-16-11-5-4-6-12(11)20/h7,9,11-12,16,20H,3-6,8H2,1-2H3/t11-,12+/m1/s1. The van der Waals surface area contributed by atoms with Gasteiger partial charge < -0.3 is 15.2 Å². The number of methoxy groups -OCH3 is 1. The Bertz CT molecular complexity index is 625. The van der Waals surface area contributed by atoms with Crippen LogP contribution in [0.4, 0.5) is 0 Å². The van der Waals surface area contributed by atoms with Crippen molar-refractivity contribution >= 4 is 5.65 Å².